The monoisotopic (exact) mass is 363 g/mol. The van der Waals surface area contributed by atoms with E-state index >= 15 is 0 Å². The molecule has 2 N–H and O–H groups in total. The second kappa shape index (κ2) is 7.61. The first-order valence-corrected chi connectivity index (χ1v) is 9.95. The van der Waals surface area contributed by atoms with Gasteiger partial charge < -0.3 is 10.6 Å². The van der Waals surface area contributed by atoms with Crippen molar-refractivity contribution in [3.05, 3.63) is 29.8 Å². The molecule has 1 aromatic rings. The Balaban J connectivity index is 1.63. The Labute approximate surface area is 150 Å². The third-order valence-corrected chi connectivity index (χ3v) is 6.60. The number of nitrogens with two attached hydrogens (primary N) is 1. The van der Waals surface area contributed by atoms with E-state index in [9.17, 15) is 9.59 Å². The Morgan fingerprint density at radius 1 is 1.42 bits per heavy atom. The van der Waals surface area contributed by atoms with Crippen molar-refractivity contribution < 1.29 is 9.59 Å². The summed E-state index contributed by atoms with van der Waals surface area (Å²) in [4.78, 5) is 30.5. The molecule has 0 bridgehead atoms. The minimum absolute atomic E-state index is 0.0631. The summed E-state index contributed by atoms with van der Waals surface area (Å²) in [6.45, 7) is 3.06. The van der Waals surface area contributed by atoms with Crippen LogP contribution >= 0.6 is 23.5 Å². The van der Waals surface area contributed by atoms with Crippen molar-refractivity contribution in [3.63, 3.8) is 0 Å². The SMILES string of the molecule is CC(SC1=Nc2ccccc2CS1)C(=O)N1CCCC(C(N)=O)C1. The molecule has 2 unspecified atom stereocenters. The lowest BCUT2D eigenvalue weighted by Crippen LogP contribution is -2.46. The zero-order chi connectivity index (χ0) is 17.1. The number of amides is 2. The fourth-order valence-corrected chi connectivity index (χ4v) is 5.21. The topological polar surface area (TPSA) is 75.8 Å². The summed E-state index contributed by atoms with van der Waals surface area (Å²) in [5.74, 6) is 0.425. The molecule has 0 aromatic heterocycles. The molecular weight excluding hydrogens is 342 g/mol. The van der Waals surface area contributed by atoms with Crippen LogP contribution in [0.3, 0.4) is 0 Å². The van der Waals surface area contributed by atoms with Crippen LogP contribution in [0.2, 0.25) is 0 Å². The number of piperidine rings is 1. The molecule has 0 radical (unpaired) electrons. The molecular formula is C17H21N3O2S2. The van der Waals surface area contributed by atoms with Crippen molar-refractivity contribution in [2.24, 2.45) is 16.6 Å². The molecule has 2 amide bonds. The molecule has 1 aromatic carbocycles. The highest BCUT2D eigenvalue weighted by atomic mass is 32.2. The zero-order valence-corrected chi connectivity index (χ0v) is 15.2. The van der Waals surface area contributed by atoms with Gasteiger partial charge in [0.2, 0.25) is 11.8 Å². The maximum atomic E-state index is 12.7. The van der Waals surface area contributed by atoms with E-state index in [1.165, 1.54) is 17.3 Å². The first-order chi connectivity index (χ1) is 11.5. The minimum atomic E-state index is -0.309. The highest BCUT2D eigenvalue weighted by Crippen LogP contribution is 2.36. The van der Waals surface area contributed by atoms with E-state index in [0.717, 1.165) is 28.7 Å². The number of thioether (sulfide) groups is 2. The Hall–Kier alpha value is -1.47. The second-order valence-corrected chi connectivity index (χ2v) is 8.63. The van der Waals surface area contributed by atoms with Gasteiger partial charge in [-0.05, 0) is 31.4 Å². The zero-order valence-electron chi connectivity index (χ0n) is 13.6. The predicted octanol–water partition coefficient (Wildman–Crippen LogP) is 2.77. The first-order valence-electron chi connectivity index (χ1n) is 8.08. The Kier molecular flexibility index (Phi) is 5.50. The van der Waals surface area contributed by atoms with Crippen LogP contribution in [0.5, 0.6) is 0 Å². The van der Waals surface area contributed by atoms with Gasteiger partial charge in [0.05, 0.1) is 16.9 Å². The van der Waals surface area contributed by atoms with Gasteiger partial charge in [-0.1, -0.05) is 41.7 Å². The van der Waals surface area contributed by atoms with Crippen LogP contribution in [-0.2, 0) is 15.3 Å². The summed E-state index contributed by atoms with van der Waals surface area (Å²) in [6, 6.07) is 8.08. The molecule has 128 valence electrons. The Morgan fingerprint density at radius 2 is 2.21 bits per heavy atom. The summed E-state index contributed by atoms with van der Waals surface area (Å²) in [5.41, 5.74) is 7.61. The van der Waals surface area contributed by atoms with E-state index < -0.39 is 0 Å². The lowest BCUT2D eigenvalue weighted by atomic mass is 9.97. The normalized spacial score (nSPS) is 21.6. The van der Waals surface area contributed by atoms with Gasteiger partial charge in [0.1, 0.15) is 4.38 Å². The average Bonchev–Trinajstić information content (AvgIpc) is 2.61. The summed E-state index contributed by atoms with van der Waals surface area (Å²) < 4.78 is 0.929. The molecule has 0 spiro atoms. The lowest BCUT2D eigenvalue weighted by molar-refractivity contribution is -0.134. The number of carbonyl (C=O) groups is 2. The average molecular weight is 364 g/mol. The molecule has 1 fully saturated rings. The second-order valence-electron chi connectivity index (χ2n) is 6.08. The molecule has 24 heavy (non-hydrogen) atoms. The highest BCUT2D eigenvalue weighted by Gasteiger charge is 2.30. The number of hydrogen-bond acceptors (Lipinski definition) is 5. The predicted molar refractivity (Wildman–Crippen MR) is 100 cm³/mol. The number of fused-ring (bicyclic) bond motifs is 1. The number of benzene rings is 1. The van der Waals surface area contributed by atoms with E-state index in [2.05, 4.69) is 11.1 Å². The first kappa shape index (κ1) is 17.4. The maximum Gasteiger partial charge on any atom is 0.235 e. The van der Waals surface area contributed by atoms with Crippen LogP contribution in [-0.4, -0.2) is 39.4 Å². The standard InChI is InChI=1S/C17H21N3O2S2/c1-11(16(22)20-8-4-6-12(9-20)15(18)21)24-17-19-14-7-3-2-5-13(14)10-23-17/h2-3,5,7,11-12H,4,6,8-10H2,1H3,(H2,18,21). The van der Waals surface area contributed by atoms with E-state index in [-0.39, 0.29) is 23.0 Å². The Bertz CT molecular complexity index is 678. The van der Waals surface area contributed by atoms with Crippen molar-refractivity contribution >= 4 is 45.4 Å². The molecule has 7 heteroatoms. The summed E-state index contributed by atoms with van der Waals surface area (Å²) in [7, 11) is 0. The number of nitrogens with zero attached hydrogens (tertiary/aromatic N) is 2. The smallest absolute Gasteiger partial charge is 0.235 e. The van der Waals surface area contributed by atoms with Crippen molar-refractivity contribution in [3.8, 4) is 0 Å². The third-order valence-electron chi connectivity index (χ3n) is 4.32. The van der Waals surface area contributed by atoms with Gasteiger partial charge >= 0.3 is 0 Å². The number of carbonyl (C=O) groups excluding carboxylic acids is 2. The number of rotatable bonds is 3. The summed E-state index contributed by atoms with van der Waals surface area (Å²) >= 11 is 3.17. The van der Waals surface area contributed by atoms with Crippen LogP contribution in [0, 0.1) is 5.92 Å². The van der Waals surface area contributed by atoms with Crippen molar-refractivity contribution in [1.29, 1.82) is 0 Å². The van der Waals surface area contributed by atoms with Crippen molar-refractivity contribution in [1.82, 2.24) is 4.90 Å². The van der Waals surface area contributed by atoms with Crippen molar-refractivity contribution in [2.75, 3.05) is 13.1 Å². The van der Waals surface area contributed by atoms with Crippen LogP contribution in [0.1, 0.15) is 25.3 Å². The molecule has 1 saturated heterocycles. The van der Waals surface area contributed by atoms with Crippen molar-refractivity contribution in [2.45, 2.75) is 30.8 Å². The van der Waals surface area contributed by atoms with Crippen LogP contribution < -0.4 is 5.73 Å². The molecule has 0 aliphatic carbocycles. The molecule has 5 nitrogen and oxygen atoms in total. The van der Waals surface area contributed by atoms with E-state index in [0.29, 0.717) is 13.1 Å². The largest absolute Gasteiger partial charge is 0.369 e. The molecule has 2 aliphatic heterocycles. The minimum Gasteiger partial charge on any atom is -0.369 e. The Morgan fingerprint density at radius 3 is 3.00 bits per heavy atom. The fourth-order valence-electron chi connectivity index (χ4n) is 2.94. The maximum absolute atomic E-state index is 12.7. The number of primary amides is 1. The lowest BCUT2D eigenvalue weighted by Gasteiger charge is -2.33. The molecule has 0 saturated carbocycles. The number of para-hydroxylation sites is 1. The molecule has 2 heterocycles. The number of aliphatic imine (C=N–C) groups is 1. The number of hydrogen-bond donors (Lipinski definition) is 1. The molecule has 2 aliphatic rings. The van der Waals surface area contributed by atoms with Gasteiger partial charge in [-0.15, -0.1) is 0 Å². The van der Waals surface area contributed by atoms with Crippen LogP contribution in [0.15, 0.2) is 29.3 Å². The third kappa shape index (κ3) is 3.95. The fraction of sp³-hybridized carbons (Fsp3) is 0.471. The number of likely N-dealkylation sites (tertiary alicyclic amines) is 1. The van der Waals surface area contributed by atoms with Gasteiger partial charge in [0.15, 0.2) is 0 Å². The van der Waals surface area contributed by atoms with Gasteiger partial charge in [0.25, 0.3) is 0 Å². The van der Waals surface area contributed by atoms with Gasteiger partial charge in [-0.3, -0.25) is 9.59 Å². The van der Waals surface area contributed by atoms with E-state index in [1.807, 2.05) is 25.1 Å². The molecule has 3 rings (SSSR count). The summed E-state index contributed by atoms with van der Waals surface area (Å²) in [5, 5.41) is -0.215. The quantitative estimate of drug-likeness (QED) is 0.896. The van der Waals surface area contributed by atoms with Gasteiger partial charge in [-0.25, -0.2) is 4.99 Å². The van der Waals surface area contributed by atoms with Crippen LogP contribution in [0.4, 0.5) is 5.69 Å². The van der Waals surface area contributed by atoms with Gasteiger partial charge in [0, 0.05) is 18.8 Å². The van der Waals surface area contributed by atoms with E-state index in [1.54, 1.807) is 16.7 Å². The van der Waals surface area contributed by atoms with Gasteiger partial charge in [-0.2, -0.15) is 0 Å². The molecule has 2 atom stereocenters. The highest BCUT2D eigenvalue weighted by molar-refractivity contribution is 8.39. The van der Waals surface area contributed by atoms with Crippen LogP contribution in [0.25, 0.3) is 0 Å². The van der Waals surface area contributed by atoms with E-state index in [4.69, 9.17) is 5.73 Å². The summed E-state index contributed by atoms with van der Waals surface area (Å²) in [6.07, 6.45) is 1.61.